The van der Waals surface area contributed by atoms with E-state index in [0.717, 1.165) is 37.4 Å². The highest BCUT2D eigenvalue weighted by Gasteiger charge is 2.01. The fourth-order valence-corrected chi connectivity index (χ4v) is 1.88. The molecule has 1 N–H and O–H groups in total. The molecule has 0 fully saturated rings. The topological polar surface area (TPSA) is 29.9 Å². The smallest absolute Gasteiger partial charge is 0.177 e. The van der Waals surface area contributed by atoms with Crippen molar-refractivity contribution in [1.29, 1.82) is 0 Å². The molecule has 92 valence electrons. The Morgan fingerprint density at radius 2 is 2.25 bits per heavy atom. The van der Waals surface area contributed by atoms with Gasteiger partial charge in [-0.05, 0) is 31.0 Å². The molecule has 1 heterocycles. The second-order valence-electron chi connectivity index (χ2n) is 4.41. The fraction of sp³-hybridized carbons (Fsp3) is 0.750. The molecule has 1 aromatic heterocycles. The summed E-state index contributed by atoms with van der Waals surface area (Å²) >= 11 is 5.23. The molecule has 0 unspecified atom stereocenters. The first-order chi connectivity index (χ1) is 7.65. The van der Waals surface area contributed by atoms with Gasteiger partial charge < -0.3 is 14.3 Å². The van der Waals surface area contributed by atoms with Crippen LogP contribution in [-0.2, 0) is 17.7 Å². The van der Waals surface area contributed by atoms with Crippen LogP contribution < -0.4 is 0 Å². The van der Waals surface area contributed by atoms with E-state index >= 15 is 0 Å². The van der Waals surface area contributed by atoms with Gasteiger partial charge in [-0.2, -0.15) is 0 Å². The summed E-state index contributed by atoms with van der Waals surface area (Å²) in [5, 5.41) is 0. The van der Waals surface area contributed by atoms with Gasteiger partial charge in [-0.25, -0.2) is 0 Å². The van der Waals surface area contributed by atoms with Crippen LogP contribution in [0.4, 0.5) is 0 Å². The van der Waals surface area contributed by atoms with Crippen LogP contribution in [0, 0.1) is 10.7 Å². The average molecular weight is 242 g/mol. The molecule has 0 amide bonds. The summed E-state index contributed by atoms with van der Waals surface area (Å²) in [4.78, 5) is 3.08. The Morgan fingerprint density at radius 1 is 1.50 bits per heavy atom. The molecule has 0 aliphatic carbocycles. The molecule has 0 bridgehead atoms. The number of nitrogens with zero attached hydrogens (tertiary/aromatic N) is 1. The second-order valence-corrected chi connectivity index (χ2v) is 4.80. The molecular formula is C12H22N2OS. The minimum Gasteiger partial charge on any atom is -0.381 e. The van der Waals surface area contributed by atoms with E-state index in [1.54, 1.807) is 0 Å². The van der Waals surface area contributed by atoms with Crippen LogP contribution in [0.25, 0.3) is 0 Å². The Balaban J connectivity index is 2.31. The lowest BCUT2D eigenvalue weighted by atomic mass is 10.2. The zero-order valence-corrected chi connectivity index (χ0v) is 11.3. The van der Waals surface area contributed by atoms with Crippen LogP contribution in [0.5, 0.6) is 0 Å². The van der Waals surface area contributed by atoms with Gasteiger partial charge in [0.2, 0.25) is 0 Å². The Labute approximate surface area is 103 Å². The summed E-state index contributed by atoms with van der Waals surface area (Å²) in [7, 11) is 0. The minimum atomic E-state index is 0.612. The van der Waals surface area contributed by atoms with E-state index in [1.165, 1.54) is 5.69 Å². The van der Waals surface area contributed by atoms with Crippen molar-refractivity contribution in [3.05, 3.63) is 16.7 Å². The van der Waals surface area contributed by atoms with E-state index in [2.05, 4.69) is 30.3 Å². The van der Waals surface area contributed by atoms with E-state index < -0.39 is 0 Å². The average Bonchev–Trinajstić information content (AvgIpc) is 2.59. The van der Waals surface area contributed by atoms with Crippen LogP contribution in [0.15, 0.2) is 6.20 Å². The first-order valence-electron chi connectivity index (χ1n) is 6.00. The van der Waals surface area contributed by atoms with Gasteiger partial charge in [0.1, 0.15) is 0 Å². The van der Waals surface area contributed by atoms with Crippen molar-refractivity contribution in [2.45, 2.75) is 40.2 Å². The van der Waals surface area contributed by atoms with Gasteiger partial charge in [0.25, 0.3) is 0 Å². The largest absolute Gasteiger partial charge is 0.381 e. The normalized spacial score (nSPS) is 11.2. The zero-order chi connectivity index (χ0) is 12.0. The molecule has 0 saturated carbocycles. The maximum atomic E-state index is 5.55. The van der Waals surface area contributed by atoms with Crippen LogP contribution in [-0.4, -0.2) is 22.8 Å². The van der Waals surface area contributed by atoms with Crippen molar-refractivity contribution in [2.75, 3.05) is 13.2 Å². The number of ether oxygens (including phenoxy) is 1. The molecule has 0 aliphatic rings. The molecule has 0 atom stereocenters. The molecule has 16 heavy (non-hydrogen) atoms. The van der Waals surface area contributed by atoms with Crippen molar-refractivity contribution in [1.82, 2.24) is 9.55 Å². The fourth-order valence-electron chi connectivity index (χ4n) is 1.61. The third-order valence-corrected chi connectivity index (χ3v) is 2.78. The van der Waals surface area contributed by atoms with Crippen LogP contribution in [0.1, 0.15) is 32.9 Å². The lowest BCUT2D eigenvalue weighted by molar-refractivity contribution is 0.105. The highest BCUT2D eigenvalue weighted by molar-refractivity contribution is 7.71. The van der Waals surface area contributed by atoms with Gasteiger partial charge in [-0.1, -0.05) is 20.8 Å². The maximum absolute atomic E-state index is 5.55. The summed E-state index contributed by atoms with van der Waals surface area (Å²) < 4.78 is 8.53. The summed E-state index contributed by atoms with van der Waals surface area (Å²) in [6.07, 6.45) is 4.03. The lowest BCUT2D eigenvalue weighted by Gasteiger charge is -2.08. The number of nitrogens with one attached hydrogen (secondary N) is 1. The Morgan fingerprint density at radius 3 is 2.88 bits per heavy atom. The van der Waals surface area contributed by atoms with E-state index in [0.29, 0.717) is 5.92 Å². The number of aromatic amines is 1. The summed E-state index contributed by atoms with van der Waals surface area (Å²) in [6, 6.07) is 0. The van der Waals surface area contributed by atoms with Gasteiger partial charge in [-0.3, -0.25) is 0 Å². The number of aromatic nitrogens is 2. The zero-order valence-electron chi connectivity index (χ0n) is 10.5. The molecule has 1 aromatic rings. The van der Waals surface area contributed by atoms with Crippen LogP contribution >= 0.6 is 12.2 Å². The second kappa shape index (κ2) is 6.86. The number of aryl methyl sites for hydroxylation is 1. The summed E-state index contributed by atoms with van der Waals surface area (Å²) in [5.74, 6) is 0.612. The lowest BCUT2D eigenvalue weighted by Crippen LogP contribution is -2.08. The van der Waals surface area contributed by atoms with Crippen molar-refractivity contribution >= 4 is 12.2 Å². The molecule has 1 rings (SSSR count). The Hall–Kier alpha value is -0.610. The highest BCUT2D eigenvalue weighted by Crippen LogP contribution is 2.04. The Bertz CT molecular complexity index is 354. The van der Waals surface area contributed by atoms with E-state index in [1.807, 2.05) is 6.20 Å². The number of hydrogen-bond donors (Lipinski definition) is 1. The van der Waals surface area contributed by atoms with Gasteiger partial charge in [0.05, 0.1) is 0 Å². The summed E-state index contributed by atoms with van der Waals surface area (Å²) in [6.45, 7) is 9.08. The van der Waals surface area contributed by atoms with E-state index in [9.17, 15) is 0 Å². The first-order valence-corrected chi connectivity index (χ1v) is 6.40. The van der Waals surface area contributed by atoms with Gasteiger partial charge in [-0.15, -0.1) is 0 Å². The van der Waals surface area contributed by atoms with Crippen LogP contribution in [0.2, 0.25) is 0 Å². The monoisotopic (exact) mass is 242 g/mol. The highest BCUT2D eigenvalue weighted by atomic mass is 32.1. The molecule has 4 heteroatoms. The molecule has 0 aliphatic heterocycles. The van der Waals surface area contributed by atoms with E-state index in [-0.39, 0.29) is 0 Å². The van der Waals surface area contributed by atoms with Crippen molar-refractivity contribution < 1.29 is 4.74 Å². The van der Waals surface area contributed by atoms with Gasteiger partial charge >= 0.3 is 0 Å². The number of hydrogen-bond acceptors (Lipinski definition) is 2. The molecular weight excluding hydrogens is 220 g/mol. The Kier molecular flexibility index (Phi) is 5.77. The molecule has 0 saturated heterocycles. The standard InChI is InChI=1S/C12H22N2OS/c1-4-11-8-13-12(16)14(11)6-5-7-15-9-10(2)3/h8,10H,4-7,9H2,1-3H3,(H,13,16). The van der Waals surface area contributed by atoms with E-state index in [4.69, 9.17) is 17.0 Å². The third kappa shape index (κ3) is 4.10. The number of rotatable bonds is 7. The van der Waals surface area contributed by atoms with Gasteiger partial charge in [0.15, 0.2) is 4.77 Å². The molecule has 3 nitrogen and oxygen atoms in total. The molecule has 0 radical (unpaired) electrons. The van der Waals surface area contributed by atoms with Crippen molar-refractivity contribution in [3.63, 3.8) is 0 Å². The predicted octanol–water partition coefficient (Wildman–Crippen LogP) is 3.17. The maximum Gasteiger partial charge on any atom is 0.177 e. The summed E-state index contributed by atoms with van der Waals surface area (Å²) in [5.41, 5.74) is 1.27. The molecule has 0 aromatic carbocycles. The first kappa shape index (κ1) is 13.5. The van der Waals surface area contributed by atoms with Crippen molar-refractivity contribution in [2.24, 2.45) is 5.92 Å². The number of imidazole rings is 1. The van der Waals surface area contributed by atoms with Gasteiger partial charge in [0, 0.05) is 31.6 Å². The number of H-pyrrole nitrogens is 1. The van der Waals surface area contributed by atoms with Crippen molar-refractivity contribution in [3.8, 4) is 0 Å². The predicted molar refractivity (Wildman–Crippen MR) is 69.3 cm³/mol. The van der Waals surface area contributed by atoms with Crippen LogP contribution in [0.3, 0.4) is 0 Å². The SMILES string of the molecule is CCc1c[nH]c(=S)n1CCCOCC(C)C. The third-order valence-electron chi connectivity index (χ3n) is 2.44. The molecule has 0 spiro atoms. The minimum absolute atomic E-state index is 0.612. The quantitative estimate of drug-likeness (QED) is 0.588.